The summed E-state index contributed by atoms with van der Waals surface area (Å²) >= 11 is 0. The molecule has 0 atom stereocenters. The Balaban J connectivity index is 2.12. The Bertz CT molecular complexity index is 1050. The number of aryl methyl sites for hydroxylation is 1. The first kappa shape index (κ1) is 21.6. The van der Waals surface area contributed by atoms with Gasteiger partial charge in [-0.25, -0.2) is 4.57 Å². The molecule has 0 amide bonds. The van der Waals surface area contributed by atoms with Crippen LogP contribution in [-0.2, 0) is 11.1 Å². The number of hydrogen-bond donors (Lipinski definition) is 0. The Labute approximate surface area is 180 Å². The molecule has 2 heterocycles. The van der Waals surface area contributed by atoms with Crippen molar-refractivity contribution >= 4 is 20.2 Å². The van der Waals surface area contributed by atoms with Crippen LogP contribution in [0.1, 0.15) is 19.5 Å². The van der Waals surface area contributed by atoms with Gasteiger partial charge in [0.15, 0.2) is 27.4 Å². The van der Waals surface area contributed by atoms with E-state index in [1.807, 2.05) is 38.5 Å². The summed E-state index contributed by atoms with van der Waals surface area (Å²) in [7, 11) is 0.176. The number of rotatable bonds is 9. The largest absolute Gasteiger partial charge is 0.309 e. The molecular formula is C25H27N3OP+. The minimum atomic E-state index is 0.176. The molecule has 0 aliphatic carbocycles. The maximum atomic E-state index is 10.7. The Morgan fingerprint density at radius 2 is 1.87 bits per heavy atom. The van der Waals surface area contributed by atoms with Gasteiger partial charge in [0, 0.05) is 36.1 Å². The second kappa shape index (κ2) is 11.2. The fourth-order valence-electron chi connectivity index (χ4n) is 3.32. The smallest absolute Gasteiger partial charge is 0.169 e. The molecule has 0 aliphatic rings. The lowest BCUT2D eigenvalue weighted by Crippen LogP contribution is -2.33. The predicted octanol–water partition coefficient (Wildman–Crippen LogP) is 5.77. The second-order valence-corrected chi connectivity index (χ2v) is 7.43. The second-order valence-electron chi connectivity index (χ2n) is 6.72. The number of para-hydroxylation sites is 1. The van der Waals surface area contributed by atoms with Crippen LogP contribution in [0.2, 0.25) is 0 Å². The molecule has 0 spiro atoms. The highest BCUT2D eigenvalue weighted by atomic mass is 31.1. The lowest BCUT2D eigenvalue weighted by Gasteiger charge is -2.14. The predicted molar refractivity (Wildman–Crippen MR) is 126 cm³/mol. The summed E-state index contributed by atoms with van der Waals surface area (Å²) in [5, 5.41) is 0. The molecule has 0 bridgehead atoms. The van der Waals surface area contributed by atoms with Crippen LogP contribution in [0.3, 0.4) is 0 Å². The van der Waals surface area contributed by atoms with Gasteiger partial charge >= 0.3 is 0 Å². The summed E-state index contributed by atoms with van der Waals surface area (Å²) < 4.78 is 15.1. The van der Waals surface area contributed by atoms with Gasteiger partial charge in [0.25, 0.3) is 0 Å². The van der Waals surface area contributed by atoms with Crippen LogP contribution in [0.15, 0.2) is 90.2 Å². The number of aromatic nitrogens is 2. The molecule has 30 heavy (non-hydrogen) atoms. The fraction of sp³-hybridized carbons (Fsp3) is 0.200. The highest BCUT2D eigenvalue weighted by Gasteiger charge is 2.15. The molecule has 0 saturated carbocycles. The van der Waals surface area contributed by atoms with Crippen LogP contribution in [-0.4, -0.2) is 23.5 Å². The van der Waals surface area contributed by atoms with Crippen LogP contribution in [0.4, 0.5) is 0 Å². The highest BCUT2D eigenvalue weighted by Crippen LogP contribution is 2.30. The van der Waals surface area contributed by atoms with Gasteiger partial charge < -0.3 is 4.57 Å². The third-order valence-electron chi connectivity index (χ3n) is 4.72. The third-order valence-corrected chi connectivity index (χ3v) is 5.10. The van der Waals surface area contributed by atoms with Crippen LogP contribution < -0.4 is 4.57 Å². The molecule has 1 aromatic carbocycles. The standard InChI is InChI=1S/C25H27N3OP/c1-3-8-21(13-16-26-4-2)24-11-12-25(28(24)23-9-6-5-7-10-23)22-14-17-27(18-15-22)19-20-30-29/h3,5-18H,4,19-20H2,1-2H3/q+1/b8-3-,21-13+,26-16+. The molecule has 3 rings (SSSR count). The van der Waals surface area contributed by atoms with E-state index in [9.17, 15) is 4.57 Å². The third kappa shape index (κ3) is 5.28. The summed E-state index contributed by atoms with van der Waals surface area (Å²) in [5.74, 6) is 0. The van der Waals surface area contributed by atoms with Crippen molar-refractivity contribution in [2.45, 2.75) is 20.4 Å². The summed E-state index contributed by atoms with van der Waals surface area (Å²) in [4.78, 5) is 4.35. The van der Waals surface area contributed by atoms with Gasteiger partial charge in [-0.1, -0.05) is 30.4 Å². The Morgan fingerprint density at radius 3 is 2.53 bits per heavy atom. The van der Waals surface area contributed by atoms with Crippen molar-refractivity contribution in [2.75, 3.05) is 12.7 Å². The number of pyridine rings is 1. The summed E-state index contributed by atoms with van der Waals surface area (Å²) in [6.45, 7) is 5.56. The summed E-state index contributed by atoms with van der Waals surface area (Å²) in [6.07, 6.45) is 12.8. The monoisotopic (exact) mass is 416 g/mol. The van der Waals surface area contributed by atoms with Gasteiger partial charge in [-0.3, -0.25) is 9.56 Å². The average Bonchev–Trinajstić information content (AvgIpc) is 3.23. The number of benzene rings is 1. The molecule has 0 N–H and O–H groups in total. The molecule has 0 unspecified atom stereocenters. The van der Waals surface area contributed by atoms with Crippen molar-refractivity contribution in [1.29, 1.82) is 0 Å². The van der Waals surface area contributed by atoms with Crippen molar-refractivity contribution < 1.29 is 9.13 Å². The zero-order valence-corrected chi connectivity index (χ0v) is 18.4. The molecule has 5 heteroatoms. The molecule has 152 valence electrons. The molecule has 0 saturated heterocycles. The summed E-state index contributed by atoms with van der Waals surface area (Å²) in [5.41, 5.74) is 5.57. The van der Waals surface area contributed by atoms with E-state index < -0.39 is 0 Å². The lowest BCUT2D eigenvalue weighted by atomic mass is 10.1. The highest BCUT2D eigenvalue weighted by molar-refractivity contribution is 7.23. The number of nitrogens with zero attached hydrogens (tertiary/aromatic N) is 3. The molecular weight excluding hydrogens is 389 g/mol. The van der Waals surface area contributed by atoms with Crippen molar-refractivity contribution in [2.24, 2.45) is 4.99 Å². The number of hydrogen-bond acceptors (Lipinski definition) is 2. The molecule has 2 aromatic heterocycles. The molecule has 0 fully saturated rings. The quantitative estimate of drug-likeness (QED) is 0.189. The first-order valence-corrected chi connectivity index (χ1v) is 11.2. The van der Waals surface area contributed by atoms with Gasteiger partial charge in [-0.2, -0.15) is 0 Å². The van der Waals surface area contributed by atoms with Crippen LogP contribution in [0.25, 0.3) is 22.5 Å². The zero-order chi connectivity index (χ0) is 21.2. The first-order valence-electron chi connectivity index (χ1n) is 10.2. The fourth-order valence-corrected chi connectivity index (χ4v) is 3.63. The van der Waals surface area contributed by atoms with E-state index in [-0.39, 0.29) is 8.46 Å². The molecule has 4 nitrogen and oxygen atoms in total. The van der Waals surface area contributed by atoms with Crippen LogP contribution in [0.5, 0.6) is 0 Å². The summed E-state index contributed by atoms with van der Waals surface area (Å²) in [6, 6.07) is 18.9. The van der Waals surface area contributed by atoms with E-state index in [0.29, 0.717) is 6.16 Å². The maximum absolute atomic E-state index is 10.7. The van der Waals surface area contributed by atoms with Crippen molar-refractivity contribution in [3.8, 4) is 16.9 Å². The van der Waals surface area contributed by atoms with E-state index in [2.05, 4.69) is 80.9 Å². The molecule has 0 radical (unpaired) electrons. The van der Waals surface area contributed by atoms with E-state index in [1.165, 1.54) is 0 Å². The SMILES string of the molecule is C\C=C/C(=C\C=N\CC)c1ccc(-c2cc[n+](CCP=O)cc2)n1-c1ccccc1. The van der Waals surface area contributed by atoms with Crippen LogP contribution in [0, 0.1) is 0 Å². The van der Waals surface area contributed by atoms with Gasteiger partial charge in [0.1, 0.15) is 0 Å². The van der Waals surface area contributed by atoms with E-state index in [0.717, 1.165) is 41.3 Å². The zero-order valence-electron chi connectivity index (χ0n) is 17.5. The van der Waals surface area contributed by atoms with E-state index in [4.69, 9.17) is 0 Å². The minimum absolute atomic E-state index is 0.176. The molecule has 0 aliphatic heterocycles. The van der Waals surface area contributed by atoms with Gasteiger partial charge in [-0.15, -0.1) is 0 Å². The minimum Gasteiger partial charge on any atom is -0.309 e. The van der Waals surface area contributed by atoms with E-state index in [1.54, 1.807) is 0 Å². The van der Waals surface area contributed by atoms with Gasteiger partial charge in [0.2, 0.25) is 0 Å². The Hall–Kier alpha value is -3.10. The Kier molecular flexibility index (Phi) is 8.05. The van der Waals surface area contributed by atoms with Crippen molar-refractivity contribution in [1.82, 2.24) is 4.57 Å². The van der Waals surface area contributed by atoms with E-state index >= 15 is 0 Å². The van der Waals surface area contributed by atoms with Crippen molar-refractivity contribution in [3.05, 3.63) is 90.9 Å². The number of allylic oxidation sites excluding steroid dienone is 4. The number of aliphatic imine (C=N–C) groups is 1. The maximum Gasteiger partial charge on any atom is 0.169 e. The topological polar surface area (TPSA) is 38.2 Å². The lowest BCUT2D eigenvalue weighted by molar-refractivity contribution is -0.692. The van der Waals surface area contributed by atoms with Crippen molar-refractivity contribution in [3.63, 3.8) is 0 Å². The normalized spacial score (nSPS) is 12.4. The molecule has 3 aromatic rings. The average molecular weight is 416 g/mol. The first-order chi connectivity index (χ1) is 14.8. The van der Waals surface area contributed by atoms with Gasteiger partial charge in [0.05, 0.1) is 17.5 Å². The van der Waals surface area contributed by atoms with Crippen LogP contribution >= 0.6 is 8.46 Å². The van der Waals surface area contributed by atoms with Gasteiger partial charge in [-0.05, 0) is 49.8 Å². The Morgan fingerprint density at radius 1 is 1.10 bits per heavy atom.